The zero-order valence-corrected chi connectivity index (χ0v) is 54.4. The Morgan fingerprint density at radius 1 is 0.203 bits per heavy atom. The van der Waals surface area contributed by atoms with Gasteiger partial charge in [0.25, 0.3) is 0 Å². The summed E-state index contributed by atoms with van der Waals surface area (Å²) >= 11 is 5.80. The van der Waals surface area contributed by atoms with Crippen molar-refractivity contribution in [1.82, 2.24) is 0 Å². The number of rotatable bonds is 65. The van der Waals surface area contributed by atoms with Crippen LogP contribution in [-0.2, 0) is 4.74 Å². The molecular weight excluding hydrogens is 933 g/mol. The van der Waals surface area contributed by atoms with Crippen molar-refractivity contribution in [2.45, 2.75) is 420 Å². The molecule has 0 heterocycles. The molecule has 0 aliphatic rings. The molecule has 0 fully saturated rings. The summed E-state index contributed by atoms with van der Waals surface area (Å²) in [5, 5.41) is 0. The molecule has 0 aliphatic heterocycles. The van der Waals surface area contributed by atoms with Crippen LogP contribution in [0.3, 0.4) is 0 Å². The second-order valence-electron chi connectivity index (χ2n) is 25.2. The van der Waals surface area contributed by atoms with Crippen molar-refractivity contribution in [1.29, 1.82) is 0 Å². The highest BCUT2D eigenvalue weighted by atomic mass is 32.3. The first-order chi connectivity index (χ1) is 36.5. The summed E-state index contributed by atoms with van der Waals surface area (Å²) in [6, 6.07) is 0. The van der Waals surface area contributed by atoms with Crippen LogP contribution in [0.1, 0.15) is 420 Å². The smallest absolute Gasteiger partial charge is 0.116 e. The van der Waals surface area contributed by atoms with Gasteiger partial charge >= 0.3 is 0 Å². The lowest BCUT2D eigenvalue weighted by atomic mass is 10.1. The van der Waals surface area contributed by atoms with Crippen molar-refractivity contribution in [3.05, 3.63) is 0 Å². The summed E-state index contributed by atoms with van der Waals surface area (Å²) in [7, 11) is -2.05. The van der Waals surface area contributed by atoms with Gasteiger partial charge in [-0.2, -0.15) is 0 Å². The first-order valence-electron chi connectivity index (χ1n) is 35.6. The van der Waals surface area contributed by atoms with E-state index >= 15 is 0 Å². The minimum absolute atomic E-state index is 0.913. The van der Waals surface area contributed by atoms with Gasteiger partial charge in [0.1, 0.15) is 4.38 Å². The Labute approximate surface area is 477 Å². The van der Waals surface area contributed by atoms with Crippen LogP contribution in [0.25, 0.3) is 0 Å². The molecule has 0 saturated carbocycles. The third-order valence-electron chi connectivity index (χ3n) is 17.8. The van der Waals surface area contributed by atoms with E-state index in [4.69, 9.17) is 17.4 Å². The van der Waals surface area contributed by atoms with E-state index in [1.54, 1.807) is 0 Å². The molecule has 74 heavy (non-hydrogen) atoms. The van der Waals surface area contributed by atoms with Gasteiger partial charge in [-0.3, -0.25) is 0 Å². The maximum atomic E-state index is 7.26. The maximum Gasteiger partial charge on any atom is 0.116 e. The Bertz CT molecular complexity index is 979. The molecule has 0 atom stereocenters. The Balaban J connectivity index is 6.18. The molecule has 0 saturated heterocycles. The van der Waals surface area contributed by atoms with Crippen LogP contribution in [0.2, 0.25) is 0 Å². The van der Waals surface area contributed by atoms with Gasteiger partial charge in [-0.05, 0) is 55.1 Å². The molecule has 1 nitrogen and oxygen atoms in total. The molecular formula is C71H146OS2. The molecule has 448 valence electrons. The zero-order chi connectivity index (χ0) is 53.7. The van der Waals surface area contributed by atoms with Gasteiger partial charge in [0.15, 0.2) is 0 Å². The van der Waals surface area contributed by atoms with Crippen molar-refractivity contribution in [3.8, 4) is 0 Å². The zero-order valence-electron chi connectivity index (χ0n) is 52.7. The van der Waals surface area contributed by atoms with Gasteiger partial charge in [-0.15, -0.1) is 12.6 Å². The summed E-state index contributed by atoms with van der Waals surface area (Å²) in [4.78, 5) is 0. The Kier molecular flexibility index (Phi) is 61.6. The summed E-state index contributed by atoms with van der Waals surface area (Å²) in [6.07, 6.45) is 86.0. The van der Waals surface area contributed by atoms with E-state index in [-0.39, 0.29) is 0 Å². The Morgan fingerprint density at radius 3 is 0.500 bits per heavy atom. The third kappa shape index (κ3) is 48.4. The predicted octanol–water partition coefficient (Wildman–Crippen LogP) is 26.9. The normalized spacial score (nSPS) is 12.5. The molecule has 0 rings (SSSR count). The molecule has 0 amide bonds. The molecule has 0 spiro atoms. The number of hydrogen-bond donors (Lipinski definition) is 1. The molecule has 0 N–H and O–H groups in total. The van der Waals surface area contributed by atoms with Crippen LogP contribution in [-0.4, -0.2) is 34.0 Å². The second kappa shape index (κ2) is 61.2. The summed E-state index contributed by atoms with van der Waals surface area (Å²) < 4.78 is 8.58. The quantitative estimate of drug-likeness (QED) is 0.0363. The molecule has 3 heteroatoms. The molecule has 0 aromatic heterocycles. The lowest BCUT2D eigenvalue weighted by molar-refractivity contribution is 0.307. The van der Waals surface area contributed by atoms with E-state index in [0.717, 1.165) is 6.61 Å². The topological polar surface area (TPSA) is 9.23 Å². The van der Waals surface area contributed by atoms with Gasteiger partial charge in [-0.1, -0.05) is 388 Å². The Morgan fingerprint density at radius 2 is 0.338 bits per heavy atom. The highest BCUT2D eigenvalue weighted by Gasteiger charge is 2.36. The van der Waals surface area contributed by atoms with E-state index in [1.807, 2.05) is 0 Å². The summed E-state index contributed by atoms with van der Waals surface area (Å²) in [5.74, 6) is 5.72. The molecule has 0 unspecified atom stereocenters. The molecule has 0 aromatic carbocycles. The first-order valence-corrected chi connectivity index (χ1v) is 38.8. The van der Waals surface area contributed by atoms with Crippen LogP contribution in [0.4, 0.5) is 0 Å². The highest BCUT2D eigenvalue weighted by Crippen LogP contribution is 2.64. The van der Waals surface area contributed by atoms with E-state index in [2.05, 4.69) is 34.6 Å². The van der Waals surface area contributed by atoms with Crippen LogP contribution >= 0.6 is 21.4 Å². The first kappa shape index (κ1) is 74.5. The van der Waals surface area contributed by atoms with E-state index < -0.39 is 8.75 Å². The SMILES string of the molecule is CCCCCCCCCCCCCCOC(S)=S(CCCCCCCCCCCCCC)(CCCCCCCCCCCCCC)(CCCCCCCCCCCCCC)CCCCCCCCCCCCCC. The van der Waals surface area contributed by atoms with E-state index in [0.29, 0.717) is 0 Å². The number of hydrogen-bond acceptors (Lipinski definition) is 1. The monoisotopic (exact) mass is 1080 g/mol. The molecule has 0 aromatic rings. The van der Waals surface area contributed by atoms with E-state index in [1.165, 1.54) is 413 Å². The number of unbranched alkanes of at least 4 members (excludes halogenated alkanes) is 55. The third-order valence-corrected chi connectivity index (χ3v) is 26.1. The van der Waals surface area contributed by atoms with Gasteiger partial charge in [0.05, 0.1) is 6.61 Å². The van der Waals surface area contributed by atoms with Gasteiger partial charge in [-0.25, -0.2) is 8.75 Å². The second-order valence-corrected chi connectivity index (χ2v) is 31.5. The fourth-order valence-corrected chi connectivity index (χ4v) is 19.9. The lowest BCUT2D eigenvalue weighted by Gasteiger charge is -2.52. The van der Waals surface area contributed by atoms with Crippen LogP contribution < -0.4 is 0 Å². The minimum Gasteiger partial charge on any atom is -0.336 e. The van der Waals surface area contributed by atoms with Crippen molar-refractivity contribution >= 4 is 25.8 Å². The van der Waals surface area contributed by atoms with E-state index in [9.17, 15) is 0 Å². The van der Waals surface area contributed by atoms with Crippen molar-refractivity contribution < 1.29 is 4.74 Å². The van der Waals surface area contributed by atoms with Gasteiger partial charge in [0.2, 0.25) is 0 Å². The fraction of sp³-hybridized carbons (Fsp3) is 0.986. The number of thiol groups is 1. The van der Waals surface area contributed by atoms with Crippen LogP contribution in [0.5, 0.6) is 0 Å². The molecule has 0 aliphatic carbocycles. The van der Waals surface area contributed by atoms with Crippen LogP contribution in [0, 0.1) is 0 Å². The standard InChI is InChI=1S/C71H146OS2/c1-6-11-16-21-26-31-36-41-46-51-56-61-66-72-71(73)74(67-62-57-52-47-42-37-32-27-22-17-12-7-2,68-63-58-53-48-43-38-33-28-23-18-13-8-3,69-64-59-54-49-44-39-34-29-24-19-14-9-4)70-65-60-55-50-45-40-35-30-25-20-15-10-5/h73H,6-70H2,1-5H3. The lowest BCUT2D eigenvalue weighted by Crippen LogP contribution is -2.31. The minimum atomic E-state index is -2.05. The summed E-state index contributed by atoms with van der Waals surface area (Å²) in [5.41, 5.74) is 0. The molecule has 0 bridgehead atoms. The predicted molar refractivity (Wildman–Crippen MR) is 352 cm³/mol. The largest absolute Gasteiger partial charge is 0.336 e. The molecule has 0 radical (unpaired) electrons. The Hall–Kier alpha value is 0.530. The van der Waals surface area contributed by atoms with Crippen molar-refractivity contribution in [2.75, 3.05) is 29.6 Å². The van der Waals surface area contributed by atoms with Crippen molar-refractivity contribution in [3.63, 3.8) is 0 Å². The fourth-order valence-electron chi connectivity index (χ4n) is 12.5. The highest BCUT2D eigenvalue weighted by molar-refractivity contribution is 8.52. The number of ether oxygens (including phenoxy) is 1. The average molecular weight is 1080 g/mol. The van der Waals surface area contributed by atoms with Crippen LogP contribution in [0.15, 0.2) is 0 Å². The summed E-state index contributed by atoms with van der Waals surface area (Å²) in [6.45, 7) is 12.6. The van der Waals surface area contributed by atoms with Gasteiger partial charge < -0.3 is 4.74 Å². The van der Waals surface area contributed by atoms with Crippen molar-refractivity contribution in [2.24, 2.45) is 0 Å². The van der Waals surface area contributed by atoms with Gasteiger partial charge in [0, 0.05) is 0 Å². The maximum absolute atomic E-state index is 7.26. The average Bonchev–Trinajstić information content (AvgIpc) is 3.41.